The van der Waals surface area contributed by atoms with Crippen LogP contribution in [0, 0.1) is 5.92 Å². The standard InChI is InChI=1S/C26H31N5O3S/c1-17(2)13-14-18(3)27-23(32)16-35-26-29-28-25-30(15-19-9-5-8-12-22(19)34-4)24(33)20-10-6-7-11-21(20)31(25)26/h5-12,17-18H,13-16H2,1-4H3,(H,27,32)/t18-/m1/s1. The molecule has 0 unspecified atom stereocenters. The first-order chi connectivity index (χ1) is 16.9. The minimum atomic E-state index is -0.153. The van der Waals surface area contributed by atoms with Gasteiger partial charge in [0.2, 0.25) is 11.7 Å². The molecule has 2 aromatic carbocycles. The molecule has 2 heterocycles. The molecule has 9 heteroatoms. The quantitative estimate of drug-likeness (QED) is 0.334. The predicted molar refractivity (Wildman–Crippen MR) is 139 cm³/mol. The third-order valence-electron chi connectivity index (χ3n) is 5.92. The SMILES string of the molecule is COc1ccccc1Cn1c(=O)c2ccccc2n2c(SCC(=O)N[C@H](C)CCC(C)C)nnc12. The highest BCUT2D eigenvalue weighted by atomic mass is 32.2. The van der Waals surface area contributed by atoms with Gasteiger partial charge in [0.05, 0.1) is 30.3 Å². The summed E-state index contributed by atoms with van der Waals surface area (Å²) in [5, 5.41) is 12.9. The van der Waals surface area contributed by atoms with E-state index < -0.39 is 0 Å². The molecule has 1 N–H and O–H groups in total. The number of aromatic nitrogens is 4. The van der Waals surface area contributed by atoms with E-state index in [1.165, 1.54) is 11.8 Å². The van der Waals surface area contributed by atoms with Gasteiger partial charge in [0, 0.05) is 11.6 Å². The van der Waals surface area contributed by atoms with Crippen LogP contribution in [0.15, 0.2) is 58.5 Å². The minimum Gasteiger partial charge on any atom is -0.496 e. The maximum Gasteiger partial charge on any atom is 0.263 e. The van der Waals surface area contributed by atoms with Crippen molar-refractivity contribution in [1.29, 1.82) is 0 Å². The van der Waals surface area contributed by atoms with E-state index in [1.54, 1.807) is 17.7 Å². The number of methoxy groups -OCH3 is 1. The Labute approximate surface area is 208 Å². The molecule has 0 fully saturated rings. The van der Waals surface area contributed by atoms with Crippen molar-refractivity contribution < 1.29 is 9.53 Å². The van der Waals surface area contributed by atoms with E-state index in [9.17, 15) is 9.59 Å². The lowest BCUT2D eigenvalue weighted by Gasteiger charge is -2.15. The van der Waals surface area contributed by atoms with Crippen molar-refractivity contribution in [1.82, 2.24) is 24.5 Å². The number of hydrogen-bond donors (Lipinski definition) is 1. The molecular formula is C26H31N5O3S. The van der Waals surface area contributed by atoms with Crippen molar-refractivity contribution in [3.05, 3.63) is 64.4 Å². The van der Waals surface area contributed by atoms with E-state index in [2.05, 4.69) is 29.4 Å². The van der Waals surface area contributed by atoms with Gasteiger partial charge >= 0.3 is 0 Å². The molecule has 0 aliphatic carbocycles. The number of amides is 1. The van der Waals surface area contributed by atoms with Crippen LogP contribution in [0.25, 0.3) is 16.7 Å². The van der Waals surface area contributed by atoms with Gasteiger partial charge in [0.15, 0.2) is 5.16 Å². The Kier molecular flexibility index (Phi) is 7.75. The summed E-state index contributed by atoms with van der Waals surface area (Å²) in [5.74, 6) is 1.89. The highest BCUT2D eigenvalue weighted by Gasteiger charge is 2.19. The number of carbonyl (C=O) groups is 1. The molecule has 1 atom stereocenters. The summed E-state index contributed by atoms with van der Waals surface area (Å²) in [4.78, 5) is 26.0. The number of nitrogens with zero attached hydrogens (tertiary/aromatic N) is 4. The molecule has 0 saturated carbocycles. The molecule has 35 heavy (non-hydrogen) atoms. The van der Waals surface area contributed by atoms with Gasteiger partial charge in [0.25, 0.3) is 5.56 Å². The third-order valence-corrected chi connectivity index (χ3v) is 6.84. The van der Waals surface area contributed by atoms with Crippen molar-refractivity contribution in [3.8, 4) is 5.75 Å². The summed E-state index contributed by atoms with van der Waals surface area (Å²) in [6.45, 7) is 6.67. The number of rotatable bonds is 10. The van der Waals surface area contributed by atoms with E-state index in [0.717, 1.165) is 18.4 Å². The largest absolute Gasteiger partial charge is 0.496 e. The molecule has 0 aliphatic heterocycles. The van der Waals surface area contributed by atoms with Gasteiger partial charge < -0.3 is 10.1 Å². The van der Waals surface area contributed by atoms with Gasteiger partial charge in [-0.2, -0.15) is 0 Å². The van der Waals surface area contributed by atoms with E-state index >= 15 is 0 Å². The van der Waals surface area contributed by atoms with Gasteiger partial charge in [0.1, 0.15) is 5.75 Å². The van der Waals surface area contributed by atoms with Crippen molar-refractivity contribution in [2.75, 3.05) is 12.9 Å². The zero-order valence-corrected chi connectivity index (χ0v) is 21.3. The Balaban J connectivity index is 1.66. The second-order valence-electron chi connectivity index (χ2n) is 9.07. The Morgan fingerprint density at radius 3 is 2.57 bits per heavy atom. The van der Waals surface area contributed by atoms with Crippen molar-refractivity contribution >= 4 is 34.3 Å². The Hall–Kier alpha value is -3.33. The molecule has 0 radical (unpaired) electrons. The van der Waals surface area contributed by atoms with Crippen molar-refractivity contribution in [2.24, 2.45) is 5.92 Å². The van der Waals surface area contributed by atoms with Gasteiger partial charge in [-0.05, 0) is 43.9 Å². The smallest absolute Gasteiger partial charge is 0.263 e. The minimum absolute atomic E-state index is 0.0466. The first-order valence-corrected chi connectivity index (χ1v) is 12.8. The summed E-state index contributed by atoms with van der Waals surface area (Å²) >= 11 is 1.31. The van der Waals surface area contributed by atoms with Crippen LogP contribution < -0.4 is 15.6 Å². The number of nitrogens with one attached hydrogen (secondary N) is 1. The first kappa shape index (κ1) is 24.8. The molecule has 2 aromatic heterocycles. The summed E-state index contributed by atoms with van der Waals surface area (Å²) in [7, 11) is 1.61. The van der Waals surface area contributed by atoms with E-state index in [0.29, 0.717) is 33.5 Å². The van der Waals surface area contributed by atoms with Crippen molar-refractivity contribution in [2.45, 2.75) is 51.4 Å². The number of fused-ring (bicyclic) bond motifs is 3. The highest BCUT2D eigenvalue weighted by molar-refractivity contribution is 7.99. The molecule has 0 spiro atoms. The van der Waals surface area contributed by atoms with E-state index in [-0.39, 0.29) is 29.8 Å². The zero-order valence-electron chi connectivity index (χ0n) is 20.5. The van der Waals surface area contributed by atoms with Crippen LogP contribution in [0.1, 0.15) is 39.2 Å². The maximum absolute atomic E-state index is 13.4. The van der Waals surface area contributed by atoms with E-state index in [1.807, 2.05) is 53.8 Å². The van der Waals surface area contributed by atoms with Gasteiger partial charge in [-0.15, -0.1) is 10.2 Å². The maximum atomic E-state index is 13.4. The highest BCUT2D eigenvalue weighted by Crippen LogP contribution is 2.24. The zero-order chi connectivity index (χ0) is 24.9. The number of benzene rings is 2. The third kappa shape index (κ3) is 5.51. The summed E-state index contributed by atoms with van der Waals surface area (Å²) in [6.07, 6.45) is 2.01. The Morgan fingerprint density at radius 1 is 1.06 bits per heavy atom. The van der Waals surface area contributed by atoms with Crippen LogP contribution in [-0.4, -0.2) is 44.0 Å². The predicted octanol–water partition coefficient (Wildman–Crippen LogP) is 4.13. The Bertz CT molecular complexity index is 1400. The van der Waals surface area contributed by atoms with Crippen LogP contribution in [0.3, 0.4) is 0 Å². The second kappa shape index (κ2) is 10.9. The number of hydrogen-bond acceptors (Lipinski definition) is 6. The molecule has 0 aliphatic rings. The lowest BCUT2D eigenvalue weighted by atomic mass is 10.0. The molecule has 1 amide bonds. The number of ether oxygens (including phenoxy) is 1. The lowest BCUT2D eigenvalue weighted by molar-refractivity contribution is -0.119. The van der Waals surface area contributed by atoms with Crippen LogP contribution in [0.5, 0.6) is 5.75 Å². The molecule has 4 rings (SSSR count). The molecule has 184 valence electrons. The average molecular weight is 494 g/mol. The van der Waals surface area contributed by atoms with Gasteiger partial charge in [-0.1, -0.05) is 55.9 Å². The van der Waals surface area contributed by atoms with E-state index in [4.69, 9.17) is 4.74 Å². The Morgan fingerprint density at radius 2 is 1.80 bits per heavy atom. The van der Waals surface area contributed by atoms with Crippen LogP contribution >= 0.6 is 11.8 Å². The second-order valence-corrected chi connectivity index (χ2v) is 10.0. The number of para-hydroxylation sites is 2. The van der Waals surface area contributed by atoms with Gasteiger partial charge in [-0.25, -0.2) is 0 Å². The summed E-state index contributed by atoms with van der Waals surface area (Å²) < 4.78 is 8.94. The first-order valence-electron chi connectivity index (χ1n) is 11.8. The molecule has 0 saturated heterocycles. The molecule has 8 nitrogen and oxygen atoms in total. The van der Waals surface area contributed by atoms with Crippen molar-refractivity contribution in [3.63, 3.8) is 0 Å². The average Bonchev–Trinajstić information content (AvgIpc) is 3.28. The topological polar surface area (TPSA) is 90.5 Å². The van der Waals surface area contributed by atoms with Crippen LogP contribution in [0.4, 0.5) is 0 Å². The summed E-state index contributed by atoms with van der Waals surface area (Å²) in [5.41, 5.74) is 1.42. The molecular weight excluding hydrogens is 462 g/mol. The fourth-order valence-electron chi connectivity index (χ4n) is 4.08. The monoisotopic (exact) mass is 493 g/mol. The fourth-order valence-corrected chi connectivity index (χ4v) is 4.83. The number of thioether (sulfide) groups is 1. The van der Waals surface area contributed by atoms with Crippen LogP contribution in [-0.2, 0) is 11.3 Å². The summed E-state index contributed by atoms with van der Waals surface area (Å²) in [6, 6.07) is 15.1. The van der Waals surface area contributed by atoms with Crippen LogP contribution in [0.2, 0.25) is 0 Å². The van der Waals surface area contributed by atoms with Gasteiger partial charge in [-0.3, -0.25) is 18.6 Å². The normalized spacial score (nSPS) is 12.4. The fraction of sp³-hybridized carbons (Fsp3) is 0.385. The molecule has 4 aromatic rings. The lowest BCUT2D eigenvalue weighted by Crippen LogP contribution is -2.34. The number of carbonyl (C=O) groups excluding carboxylic acids is 1. The molecule has 0 bridgehead atoms.